The Labute approximate surface area is 162 Å². The number of carboxylic acid groups (broad SMARTS) is 1. The standard InChI is InChI=1S/C20H22N2O6/c1-26-14-9-13(10-15(11-14)27-2)16-12-17(18-5-4-8-28-18)22(21-16)19(23)6-3-7-20(24)25/h4-5,8-11,17H,3,6-7,12H2,1-2H3,(H,24,25). The van der Waals surface area contributed by atoms with Gasteiger partial charge in [0.1, 0.15) is 23.3 Å². The van der Waals surface area contributed by atoms with Crippen LogP contribution in [-0.4, -0.2) is 41.9 Å². The van der Waals surface area contributed by atoms with Gasteiger partial charge < -0.3 is 19.0 Å². The summed E-state index contributed by atoms with van der Waals surface area (Å²) in [5, 5.41) is 14.7. The van der Waals surface area contributed by atoms with E-state index in [0.29, 0.717) is 29.4 Å². The maximum atomic E-state index is 12.7. The molecule has 0 radical (unpaired) electrons. The average Bonchev–Trinajstić information content (AvgIpc) is 3.36. The number of ether oxygens (including phenoxy) is 2. The maximum Gasteiger partial charge on any atom is 0.303 e. The number of aliphatic carboxylic acids is 1. The van der Waals surface area contributed by atoms with Crippen molar-refractivity contribution in [2.75, 3.05) is 14.2 Å². The van der Waals surface area contributed by atoms with Gasteiger partial charge >= 0.3 is 5.97 Å². The first-order valence-corrected chi connectivity index (χ1v) is 8.90. The molecule has 28 heavy (non-hydrogen) atoms. The Kier molecular flexibility index (Phi) is 5.98. The van der Waals surface area contributed by atoms with Crippen LogP contribution in [0.5, 0.6) is 11.5 Å². The summed E-state index contributed by atoms with van der Waals surface area (Å²) < 4.78 is 16.1. The lowest BCUT2D eigenvalue weighted by atomic mass is 10.0. The molecule has 0 aliphatic carbocycles. The van der Waals surface area contributed by atoms with E-state index in [-0.39, 0.29) is 31.2 Å². The maximum absolute atomic E-state index is 12.7. The van der Waals surface area contributed by atoms with Crippen LogP contribution in [0, 0.1) is 0 Å². The molecule has 2 aromatic rings. The third-order valence-corrected chi connectivity index (χ3v) is 4.50. The fourth-order valence-corrected chi connectivity index (χ4v) is 3.10. The Bertz CT molecular complexity index is 853. The minimum atomic E-state index is -0.926. The fourth-order valence-electron chi connectivity index (χ4n) is 3.10. The van der Waals surface area contributed by atoms with Gasteiger partial charge in [-0.1, -0.05) is 0 Å². The van der Waals surface area contributed by atoms with E-state index in [0.717, 1.165) is 5.56 Å². The van der Waals surface area contributed by atoms with Gasteiger partial charge in [-0.3, -0.25) is 9.59 Å². The van der Waals surface area contributed by atoms with Crippen molar-refractivity contribution in [3.05, 3.63) is 47.9 Å². The van der Waals surface area contributed by atoms with Crippen molar-refractivity contribution in [3.8, 4) is 11.5 Å². The van der Waals surface area contributed by atoms with E-state index < -0.39 is 5.97 Å². The highest BCUT2D eigenvalue weighted by molar-refractivity contribution is 6.03. The highest BCUT2D eigenvalue weighted by Crippen LogP contribution is 2.35. The molecule has 3 rings (SSSR count). The van der Waals surface area contributed by atoms with Crippen LogP contribution < -0.4 is 9.47 Å². The number of hydrazone groups is 1. The molecule has 1 aliphatic rings. The topological polar surface area (TPSA) is 102 Å². The molecule has 1 atom stereocenters. The van der Waals surface area contributed by atoms with Gasteiger partial charge in [0.25, 0.3) is 0 Å². The van der Waals surface area contributed by atoms with Gasteiger partial charge in [0.15, 0.2) is 0 Å². The number of rotatable bonds is 8. The lowest BCUT2D eigenvalue weighted by Gasteiger charge is -2.19. The van der Waals surface area contributed by atoms with Crippen molar-refractivity contribution in [1.82, 2.24) is 5.01 Å². The predicted octanol–water partition coefficient (Wildman–Crippen LogP) is 3.23. The number of carboxylic acids is 1. The molecule has 1 aliphatic heterocycles. The highest BCUT2D eigenvalue weighted by atomic mass is 16.5. The number of amides is 1. The molecule has 8 heteroatoms. The fraction of sp³-hybridized carbons (Fsp3) is 0.350. The summed E-state index contributed by atoms with van der Waals surface area (Å²) in [6.45, 7) is 0. The van der Waals surface area contributed by atoms with E-state index in [2.05, 4.69) is 5.10 Å². The van der Waals surface area contributed by atoms with Crippen LogP contribution in [0.15, 0.2) is 46.1 Å². The summed E-state index contributed by atoms with van der Waals surface area (Å²) in [5.41, 5.74) is 1.48. The first-order valence-electron chi connectivity index (χ1n) is 8.90. The number of furan rings is 1. The van der Waals surface area contributed by atoms with Crippen LogP contribution in [-0.2, 0) is 9.59 Å². The van der Waals surface area contributed by atoms with E-state index in [1.807, 2.05) is 12.1 Å². The predicted molar refractivity (Wildman–Crippen MR) is 100 cm³/mol. The van der Waals surface area contributed by atoms with Crippen molar-refractivity contribution >= 4 is 17.6 Å². The lowest BCUT2D eigenvalue weighted by molar-refractivity contribution is -0.137. The third-order valence-electron chi connectivity index (χ3n) is 4.50. The number of benzene rings is 1. The number of nitrogens with zero attached hydrogens (tertiary/aromatic N) is 2. The smallest absolute Gasteiger partial charge is 0.303 e. The first kappa shape index (κ1) is 19.5. The summed E-state index contributed by atoms with van der Waals surface area (Å²) in [4.78, 5) is 23.4. The number of hydrogen-bond acceptors (Lipinski definition) is 6. The first-order chi connectivity index (χ1) is 13.5. The SMILES string of the molecule is COc1cc(OC)cc(C2=NN(C(=O)CCCC(=O)O)C(c3ccco3)C2)c1. The Hall–Kier alpha value is -3.29. The zero-order valence-electron chi connectivity index (χ0n) is 15.8. The van der Waals surface area contributed by atoms with E-state index in [9.17, 15) is 9.59 Å². The molecule has 0 saturated heterocycles. The molecular weight excluding hydrogens is 364 g/mol. The Balaban J connectivity index is 1.88. The van der Waals surface area contributed by atoms with Gasteiger partial charge in [0.2, 0.25) is 5.91 Å². The van der Waals surface area contributed by atoms with Crippen LogP contribution in [0.3, 0.4) is 0 Å². The second-order valence-electron chi connectivity index (χ2n) is 6.37. The van der Waals surface area contributed by atoms with Gasteiger partial charge in [-0.05, 0) is 30.7 Å². The van der Waals surface area contributed by atoms with Crippen LogP contribution in [0.25, 0.3) is 0 Å². The average molecular weight is 386 g/mol. The molecule has 8 nitrogen and oxygen atoms in total. The van der Waals surface area contributed by atoms with Gasteiger partial charge in [0, 0.05) is 30.9 Å². The van der Waals surface area contributed by atoms with E-state index in [4.69, 9.17) is 19.0 Å². The Morgan fingerprint density at radius 1 is 1.21 bits per heavy atom. The minimum Gasteiger partial charge on any atom is -0.497 e. The quantitative estimate of drug-likeness (QED) is 0.747. The number of carbonyl (C=O) groups is 2. The molecule has 1 unspecified atom stereocenters. The normalized spacial score (nSPS) is 16.0. The lowest BCUT2D eigenvalue weighted by Crippen LogP contribution is -2.26. The van der Waals surface area contributed by atoms with Crippen molar-refractivity contribution < 1.29 is 28.6 Å². The molecule has 0 spiro atoms. The van der Waals surface area contributed by atoms with Gasteiger partial charge in [-0.2, -0.15) is 5.10 Å². The molecular formula is C20H22N2O6. The molecule has 2 heterocycles. The molecule has 0 fully saturated rings. The minimum absolute atomic E-state index is 0.0609. The zero-order chi connectivity index (χ0) is 20.1. The summed E-state index contributed by atoms with van der Waals surface area (Å²) in [6.07, 6.45) is 2.31. The van der Waals surface area contributed by atoms with Crippen molar-refractivity contribution in [3.63, 3.8) is 0 Å². The van der Waals surface area contributed by atoms with Crippen LogP contribution >= 0.6 is 0 Å². The number of carbonyl (C=O) groups excluding carboxylic acids is 1. The van der Waals surface area contributed by atoms with E-state index in [1.165, 1.54) is 5.01 Å². The Morgan fingerprint density at radius 2 is 1.93 bits per heavy atom. The van der Waals surface area contributed by atoms with Crippen molar-refractivity contribution in [2.45, 2.75) is 31.7 Å². The zero-order valence-corrected chi connectivity index (χ0v) is 15.8. The number of hydrogen-bond donors (Lipinski definition) is 1. The van der Waals surface area contributed by atoms with Gasteiger partial charge in [-0.25, -0.2) is 5.01 Å². The Morgan fingerprint density at radius 3 is 2.50 bits per heavy atom. The molecule has 1 aromatic carbocycles. The van der Waals surface area contributed by atoms with Crippen LogP contribution in [0.2, 0.25) is 0 Å². The summed E-state index contributed by atoms with van der Waals surface area (Å²) in [5.74, 6) is 0.702. The van der Waals surface area contributed by atoms with Crippen LogP contribution in [0.4, 0.5) is 0 Å². The third kappa shape index (κ3) is 4.33. The van der Waals surface area contributed by atoms with Crippen molar-refractivity contribution in [2.24, 2.45) is 5.10 Å². The monoisotopic (exact) mass is 386 g/mol. The van der Waals surface area contributed by atoms with Crippen LogP contribution in [0.1, 0.15) is 43.0 Å². The van der Waals surface area contributed by atoms with Gasteiger partial charge in [-0.15, -0.1) is 0 Å². The molecule has 0 saturated carbocycles. The molecule has 148 valence electrons. The second-order valence-corrected chi connectivity index (χ2v) is 6.37. The summed E-state index contributed by atoms with van der Waals surface area (Å²) >= 11 is 0. The number of methoxy groups -OCH3 is 2. The molecule has 1 aromatic heterocycles. The molecule has 0 bridgehead atoms. The van der Waals surface area contributed by atoms with E-state index in [1.54, 1.807) is 38.7 Å². The summed E-state index contributed by atoms with van der Waals surface area (Å²) in [7, 11) is 3.14. The largest absolute Gasteiger partial charge is 0.497 e. The van der Waals surface area contributed by atoms with Gasteiger partial charge in [0.05, 0.1) is 26.2 Å². The summed E-state index contributed by atoms with van der Waals surface area (Å²) in [6, 6.07) is 8.61. The van der Waals surface area contributed by atoms with E-state index >= 15 is 0 Å². The second kappa shape index (κ2) is 8.60. The molecule has 1 amide bonds. The molecule has 1 N–H and O–H groups in total. The highest BCUT2D eigenvalue weighted by Gasteiger charge is 2.34. The van der Waals surface area contributed by atoms with Crippen molar-refractivity contribution in [1.29, 1.82) is 0 Å².